The van der Waals surface area contributed by atoms with Crippen LogP contribution < -0.4 is 10.1 Å². The van der Waals surface area contributed by atoms with E-state index in [0.29, 0.717) is 13.2 Å². The number of aryl methyl sites for hydroxylation is 2. The third kappa shape index (κ3) is 2.16. The van der Waals surface area contributed by atoms with E-state index >= 15 is 0 Å². The lowest BCUT2D eigenvalue weighted by Crippen LogP contribution is -2.23. The molecule has 0 bridgehead atoms. The van der Waals surface area contributed by atoms with Crippen LogP contribution in [0.2, 0.25) is 0 Å². The van der Waals surface area contributed by atoms with Crippen LogP contribution in [0.25, 0.3) is 5.69 Å². The molecule has 0 radical (unpaired) electrons. The van der Waals surface area contributed by atoms with Gasteiger partial charge in [0.15, 0.2) is 0 Å². The average molecular weight is 272 g/mol. The Bertz CT molecular complexity index is 646. The highest BCUT2D eigenvalue weighted by molar-refractivity contribution is 5.62. The Labute approximate surface area is 119 Å². The molecule has 0 fully saturated rings. The van der Waals surface area contributed by atoms with Crippen LogP contribution in [0.5, 0.6) is 5.75 Å². The van der Waals surface area contributed by atoms with Crippen molar-refractivity contribution in [3.63, 3.8) is 0 Å². The van der Waals surface area contributed by atoms with Crippen LogP contribution in [-0.2, 0) is 0 Å². The number of fused-ring (bicyclic) bond motifs is 1. The van der Waals surface area contributed by atoms with Gasteiger partial charge in [0.05, 0.1) is 5.69 Å². The molecule has 20 heavy (non-hydrogen) atoms. The van der Waals surface area contributed by atoms with E-state index in [2.05, 4.69) is 48.9 Å². The Morgan fingerprint density at radius 2 is 2.05 bits per heavy atom. The molecule has 2 aromatic rings. The number of ether oxygens (including phenoxy) is 1. The lowest BCUT2D eigenvalue weighted by atomic mass is 10.2. The molecule has 4 heteroatoms. The summed E-state index contributed by atoms with van der Waals surface area (Å²) >= 11 is 0. The summed E-state index contributed by atoms with van der Waals surface area (Å²) in [5.41, 5.74) is 5.80. The van der Waals surface area contributed by atoms with Gasteiger partial charge in [-0.15, -0.1) is 0 Å². The van der Waals surface area contributed by atoms with E-state index in [1.54, 1.807) is 0 Å². The predicted molar refractivity (Wildman–Crippen MR) is 80.0 cm³/mol. The second kappa shape index (κ2) is 4.87. The van der Waals surface area contributed by atoms with Crippen molar-refractivity contribution in [1.29, 1.82) is 0 Å². The van der Waals surface area contributed by atoms with Gasteiger partial charge in [-0.1, -0.05) is 0 Å². The molecule has 1 aromatic carbocycles. The number of aliphatic hydroxyl groups is 1. The Hall–Kier alpha value is -1.94. The molecule has 1 unspecified atom stereocenters. The lowest BCUT2D eigenvalue weighted by Gasteiger charge is -2.14. The molecule has 0 saturated heterocycles. The van der Waals surface area contributed by atoms with E-state index in [0.717, 1.165) is 17.1 Å². The summed E-state index contributed by atoms with van der Waals surface area (Å²) in [4.78, 5) is 0. The summed E-state index contributed by atoms with van der Waals surface area (Å²) in [6.45, 7) is 7.21. The van der Waals surface area contributed by atoms with Crippen molar-refractivity contribution in [2.45, 2.75) is 26.9 Å². The molecule has 2 N–H and O–H groups in total. The number of β-amino-alcohol motifs (C(OH)–C–C–N with tert-alkyl or cyclic N) is 1. The Morgan fingerprint density at radius 3 is 2.75 bits per heavy atom. The quantitative estimate of drug-likeness (QED) is 0.838. The molecule has 1 aliphatic heterocycles. The minimum Gasteiger partial charge on any atom is -0.489 e. The van der Waals surface area contributed by atoms with Crippen LogP contribution in [0, 0.1) is 20.8 Å². The number of hydrogen-bond donors (Lipinski definition) is 2. The van der Waals surface area contributed by atoms with Crippen LogP contribution >= 0.6 is 0 Å². The Balaban J connectivity index is 2.04. The molecule has 0 saturated carbocycles. The molecular formula is C16H20N2O2. The number of rotatable bonds is 1. The summed E-state index contributed by atoms with van der Waals surface area (Å²) in [7, 11) is 0. The van der Waals surface area contributed by atoms with Crippen molar-refractivity contribution in [3.05, 3.63) is 41.2 Å². The van der Waals surface area contributed by atoms with Crippen LogP contribution in [0.1, 0.15) is 17.0 Å². The minimum atomic E-state index is -0.469. The highest BCUT2D eigenvalue weighted by atomic mass is 16.5. The maximum Gasteiger partial charge on any atom is 0.142 e. The number of anilines is 1. The van der Waals surface area contributed by atoms with Crippen LogP contribution in [-0.4, -0.2) is 28.9 Å². The van der Waals surface area contributed by atoms with Crippen LogP contribution in [0.4, 0.5) is 5.69 Å². The number of hydrogen-bond acceptors (Lipinski definition) is 3. The average Bonchev–Trinajstić information content (AvgIpc) is 2.59. The zero-order valence-corrected chi connectivity index (χ0v) is 12.1. The third-order valence-corrected chi connectivity index (χ3v) is 3.86. The highest BCUT2D eigenvalue weighted by Crippen LogP contribution is 2.31. The lowest BCUT2D eigenvalue weighted by molar-refractivity contribution is 0.122. The van der Waals surface area contributed by atoms with Gasteiger partial charge in [-0.3, -0.25) is 0 Å². The molecule has 2 heterocycles. The van der Waals surface area contributed by atoms with Gasteiger partial charge in [-0.05, 0) is 50.6 Å². The zero-order valence-electron chi connectivity index (χ0n) is 12.1. The molecular weight excluding hydrogens is 252 g/mol. The normalized spacial score (nSPS) is 17.9. The van der Waals surface area contributed by atoms with Gasteiger partial charge in [0.2, 0.25) is 0 Å². The minimum absolute atomic E-state index is 0.333. The number of benzene rings is 1. The van der Waals surface area contributed by atoms with E-state index in [-0.39, 0.29) is 0 Å². The molecule has 0 aliphatic carbocycles. The number of nitrogens with zero attached hydrogens (tertiary/aromatic N) is 1. The number of nitrogens with one attached hydrogen (secondary N) is 1. The van der Waals surface area contributed by atoms with E-state index < -0.39 is 6.10 Å². The van der Waals surface area contributed by atoms with Crippen molar-refractivity contribution in [3.8, 4) is 11.4 Å². The van der Waals surface area contributed by atoms with Crippen molar-refractivity contribution in [2.75, 3.05) is 18.5 Å². The van der Waals surface area contributed by atoms with Gasteiger partial charge in [0, 0.05) is 23.6 Å². The molecule has 106 valence electrons. The van der Waals surface area contributed by atoms with Crippen molar-refractivity contribution in [2.24, 2.45) is 0 Å². The SMILES string of the molecule is Cc1cc(C)n(-c2ccc3c(c2)NCC(O)CO3)c1C. The van der Waals surface area contributed by atoms with E-state index in [1.165, 1.54) is 17.0 Å². The maximum atomic E-state index is 9.65. The zero-order chi connectivity index (χ0) is 14.3. The number of aromatic nitrogens is 1. The molecule has 1 aromatic heterocycles. The summed E-state index contributed by atoms with van der Waals surface area (Å²) in [6, 6.07) is 8.28. The Kier molecular flexibility index (Phi) is 3.18. The Morgan fingerprint density at radius 1 is 1.25 bits per heavy atom. The molecule has 0 amide bonds. The fraction of sp³-hybridized carbons (Fsp3) is 0.375. The fourth-order valence-corrected chi connectivity index (χ4v) is 2.71. The van der Waals surface area contributed by atoms with Gasteiger partial charge < -0.3 is 19.7 Å². The van der Waals surface area contributed by atoms with E-state index in [4.69, 9.17) is 4.74 Å². The van der Waals surface area contributed by atoms with Gasteiger partial charge in [-0.25, -0.2) is 0 Å². The topological polar surface area (TPSA) is 46.4 Å². The first kappa shape index (κ1) is 13.1. The smallest absolute Gasteiger partial charge is 0.142 e. The van der Waals surface area contributed by atoms with E-state index in [9.17, 15) is 5.11 Å². The van der Waals surface area contributed by atoms with Gasteiger partial charge in [0.25, 0.3) is 0 Å². The second-order valence-electron chi connectivity index (χ2n) is 5.42. The summed E-state index contributed by atoms with van der Waals surface area (Å²) in [5, 5.41) is 12.9. The largest absolute Gasteiger partial charge is 0.489 e. The van der Waals surface area contributed by atoms with Gasteiger partial charge in [0.1, 0.15) is 18.5 Å². The third-order valence-electron chi connectivity index (χ3n) is 3.86. The molecule has 4 nitrogen and oxygen atoms in total. The summed E-state index contributed by atoms with van der Waals surface area (Å²) < 4.78 is 7.83. The highest BCUT2D eigenvalue weighted by Gasteiger charge is 2.16. The molecule has 1 atom stereocenters. The predicted octanol–water partition coefficient (Wildman–Crippen LogP) is 2.57. The fourth-order valence-electron chi connectivity index (χ4n) is 2.71. The standard InChI is InChI=1S/C16H20N2O2/c1-10-6-11(2)18(12(10)3)13-4-5-16-15(7-13)17-8-14(19)9-20-16/h4-7,14,17,19H,8-9H2,1-3H3. The number of aliphatic hydroxyl groups excluding tert-OH is 1. The second-order valence-corrected chi connectivity index (χ2v) is 5.42. The van der Waals surface area contributed by atoms with E-state index in [1.807, 2.05) is 6.07 Å². The van der Waals surface area contributed by atoms with Crippen molar-refractivity contribution < 1.29 is 9.84 Å². The summed E-state index contributed by atoms with van der Waals surface area (Å²) in [6.07, 6.45) is -0.469. The van der Waals surface area contributed by atoms with Crippen molar-refractivity contribution in [1.82, 2.24) is 4.57 Å². The molecule has 1 aliphatic rings. The monoisotopic (exact) mass is 272 g/mol. The van der Waals surface area contributed by atoms with Crippen LogP contribution in [0.15, 0.2) is 24.3 Å². The summed E-state index contributed by atoms with van der Waals surface area (Å²) in [5.74, 6) is 0.796. The molecule has 0 spiro atoms. The van der Waals surface area contributed by atoms with Gasteiger partial charge in [-0.2, -0.15) is 0 Å². The van der Waals surface area contributed by atoms with Crippen LogP contribution in [0.3, 0.4) is 0 Å². The maximum absolute atomic E-state index is 9.65. The van der Waals surface area contributed by atoms with Crippen molar-refractivity contribution >= 4 is 5.69 Å². The first-order valence-electron chi connectivity index (χ1n) is 6.91. The van der Waals surface area contributed by atoms with Gasteiger partial charge >= 0.3 is 0 Å². The first-order valence-corrected chi connectivity index (χ1v) is 6.91. The molecule has 3 rings (SSSR count). The first-order chi connectivity index (χ1) is 9.56.